The van der Waals surface area contributed by atoms with E-state index in [9.17, 15) is 14.4 Å². The second-order valence-electron chi connectivity index (χ2n) is 11.3. The van der Waals surface area contributed by atoms with Crippen molar-refractivity contribution < 1.29 is 18.8 Å². The number of anilines is 3. The van der Waals surface area contributed by atoms with Crippen LogP contribution in [0.2, 0.25) is 10.0 Å². The van der Waals surface area contributed by atoms with Gasteiger partial charge in [0.2, 0.25) is 18.2 Å². The van der Waals surface area contributed by atoms with E-state index in [2.05, 4.69) is 15.5 Å². The maximum atomic E-state index is 16.0. The van der Waals surface area contributed by atoms with Gasteiger partial charge in [0.1, 0.15) is 11.4 Å². The molecule has 4 atom stereocenters. The van der Waals surface area contributed by atoms with E-state index in [0.29, 0.717) is 59.5 Å². The van der Waals surface area contributed by atoms with Gasteiger partial charge in [0, 0.05) is 52.7 Å². The third-order valence-corrected chi connectivity index (χ3v) is 9.66. The van der Waals surface area contributed by atoms with Crippen molar-refractivity contribution in [1.29, 1.82) is 0 Å². The third kappa shape index (κ3) is 3.99. The molecule has 41 heavy (non-hydrogen) atoms. The summed E-state index contributed by atoms with van der Waals surface area (Å²) in [6.07, 6.45) is 3.31. The molecule has 3 heterocycles. The molecule has 2 saturated heterocycles. The summed E-state index contributed by atoms with van der Waals surface area (Å²) in [5.74, 6) is -2.21. The summed E-state index contributed by atoms with van der Waals surface area (Å²) in [5.41, 5.74) is 1.51. The average molecular weight is 593 g/mol. The van der Waals surface area contributed by atoms with E-state index >= 15 is 4.39 Å². The van der Waals surface area contributed by atoms with Gasteiger partial charge in [0.05, 0.1) is 10.9 Å². The maximum absolute atomic E-state index is 16.0. The highest BCUT2D eigenvalue weighted by atomic mass is 35.5. The molecule has 1 spiro atoms. The zero-order valence-electron chi connectivity index (χ0n) is 21.9. The van der Waals surface area contributed by atoms with Crippen molar-refractivity contribution in [3.63, 3.8) is 0 Å². The minimum absolute atomic E-state index is 0.0528. The molecule has 1 aliphatic carbocycles. The number of nitrogens with zero attached hydrogens (tertiary/aromatic N) is 2. The van der Waals surface area contributed by atoms with Crippen LogP contribution < -0.4 is 15.5 Å². The van der Waals surface area contributed by atoms with Crippen molar-refractivity contribution in [2.24, 2.45) is 11.8 Å². The van der Waals surface area contributed by atoms with Crippen LogP contribution in [-0.2, 0) is 19.9 Å². The summed E-state index contributed by atoms with van der Waals surface area (Å²) >= 11 is 12.7. The van der Waals surface area contributed by atoms with Crippen LogP contribution in [0.3, 0.4) is 0 Å². The molecule has 10 heteroatoms. The van der Waals surface area contributed by atoms with Gasteiger partial charge in [-0.05, 0) is 73.2 Å². The first-order chi connectivity index (χ1) is 19.8. The number of rotatable bonds is 6. The van der Waals surface area contributed by atoms with E-state index in [4.69, 9.17) is 23.2 Å². The van der Waals surface area contributed by atoms with Crippen molar-refractivity contribution in [2.75, 3.05) is 28.6 Å². The second-order valence-corrected chi connectivity index (χ2v) is 12.2. The molecule has 3 aromatic carbocycles. The van der Waals surface area contributed by atoms with Crippen LogP contribution in [0, 0.1) is 17.7 Å². The van der Waals surface area contributed by atoms with Crippen LogP contribution in [0.25, 0.3) is 0 Å². The molecule has 0 unspecified atom stereocenters. The fourth-order valence-electron chi connectivity index (χ4n) is 7.30. The largest absolute Gasteiger partial charge is 0.329 e. The lowest BCUT2D eigenvalue weighted by Crippen LogP contribution is -2.54. The lowest BCUT2D eigenvalue weighted by atomic mass is 9.70. The summed E-state index contributed by atoms with van der Waals surface area (Å²) in [4.78, 5) is 43.7. The number of hydrogen-bond donors (Lipinski definition) is 2. The predicted molar refractivity (Wildman–Crippen MR) is 156 cm³/mol. The quantitative estimate of drug-likeness (QED) is 0.355. The van der Waals surface area contributed by atoms with Gasteiger partial charge < -0.3 is 15.5 Å². The Kier molecular flexibility index (Phi) is 6.34. The van der Waals surface area contributed by atoms with E-state index in [-0.39, 0.29) is 28.4 Å². The van der Waals surface area contributed by atoms with Crippen LogP contribution in [0.1, 0.15) is 36.3 Å². The summed E-state index contributed by atoms with van der Waals surface area (Å²) in [5, 5.41) is 6.07. The maximum Gasteiger partial charge on any atom is 0.250 e. The van der Waals surface area contributed by atoms with Gasteiger partial charge in [-0.25, -0.2) is 4.39 Å². The first-order valence-electron chi connectivity index (χ1n) is 13.8. The second kappa shape index (κ2) is 9.82. The number of hydrogen-bond acceptors (Lipinski definition) is 4. The minimum Gasteiger partial charge on any atom is -0.329 e. The molecule has 3 aromatic rings. The molecule has 210 valence electrons. The molecule has 0 bridgehead atoms. The number of piperidine rings is 1. The highest BCUT2D eigenvalue weighted by Gasteiger charge is 2.70. The van der Waals surface area contributed by atoms with Crippen LogP contribution >= 0.6 is 23.2 Å². The number of benzene rings is 3. The third-order valence-electron chi connectivity index (χ3n) is 9.14. The standard InChI is InChI=1S/C31H27Cl2FN4O3/c32-18-6-11-22-24(14-18)36-30(41)31(22)27(21-2-1-3-23(33)28(21)34)26-25(38(31)15-17-4-5-17)12-13-37(29(26)40)20-9-7-19(8-10-20)35-16-39/h1-3,6-11,14,16-17,25-27H,4-5,12-13,15H2,(H,35,39)(H,36,41)/t25-,26+,27-,31+/m0/s1. The number of halogens is 3. The summed E-state index contributed by atoms with van der Waals surface area (Å²) in [6, 6.07) is 16.8. The lowest BCUT2D eigenvalue weighted by molar-refractivity contribution is -0.128. The van der Waals surface area contributed by atoms with Gasteiger partial charge in [-0.15, -0.1) is 0 Å². The zero-order chi connectivity index (χ0) is 28.5. The van der Waals surface area contributed by atoms with Gasteiger partial charge in [-0.2, -0.15) is 0 Å². The van der Waals surface area contributed by atoms with E-state index in [1.165, 1.54) is 6.07 Å². The van der Waals surface area contributed by atoms with Crippen molar-refractivity contribution in [3.8, 4) is 0 Å². The Morgan fingerprint density at radius 3 is 2.56 bits per heavy atom. The van der Waals surface area contributed by atoms with Crippen LogP contribution in [0.4, 0.5) is 21.5 Å². The van der Waals surface area contributed by atoms with E-state index < -0.39 is 23.2 Å². The summed E-state index contributed by atoms with van der Waals surface area (Å²) in [7, 11) is 0. The van der Waals surface area contributed by atoms with E-state index in [0.717, 1.165) is 12.8 Å². The minimum atomic E-state index is -1.31. The van der Waals surface area contributed by atoms with Gasteiger partial charge in [0.15, 0.2) is 0 Å². The van der Waals surface area contributed by atoms with Crippen molar-refractivity contribution >= 4 is 58.5 Å². The Hall–Kier alpha value is -3.46. The number of amides is 3. The van der Waals surface area contributed by atoms with Crippen molar-refractivity contribution in [3.05, 3.63) is 87.7 Å². The molecule has 3 fully saturated rings. The number of carbonyl (C=O) groups is 3. The molecule has 7 rings (SSSR count). The van der Waals surface area contributed by atoms with Crippen LogP contribution in [0.5, 0.6) is 0 Å². The van der Waals surface area contributed by atoms with Gasteiger partial charge in [-0.1, -0.05) is 41.4 Å². The van der Waals surface area contributed by atoms with E-state index in [1.807, 2.05) is 6.07 Å². The Bertz CT molecular complexity index is 1580. The molecule has 7 nitrogen and oxygen atoms in total. The number of carbonyl (C=O) groups excluding carboxylic acids is 3. The number of fused-ring (bicyclic) bond motifs is 3. The predicted octanol–water partition coefficient (Wildman–Crippen LogP) is 5.78. The Balaban J connectivity index is 1.42. The SMILES string of the molecule is O=CNc1ccc(N2CC[C@H]3[C@@H](C2=O)[C@H](c2cccc(Cl)c2F)[C@]2(C(=O)Nc4cc(Cl)ccc42)N3CC2CC2)cc1. The highest BCUT2D eigenvalue weighted by molar-refractivity contribution is 6.31. The summed E-state index contributed by atoms with van der Waals surface area (Å²) < 4.78 is 16.0. The first kappa shape index (κ1) is 26.4. The van der Waals surface area contributed by atoms with Gasteiger partial charge >= 0.3 is 0 Å². The molecule has 0 radical (unpaired) electrons. The lowest BCUT2D eigenvalue weighted by Gasteiger charge is -2.40. The molecule has 0 aromatic heterocycles. The first-order valence-corrected chi connectivity index (χ1v) is 14.5. The molecule has 2 N–H and O–H groups in total. The molecule has 3 amide bonds. The van der Waals surface area contributed by atoms with Crippen LogP contribution in [0.15, 0.2) is 60.7 Å². The normalized spacial score (nSPS) is 27.1. The molecular formula is C31H27Cl2FN4O3. The average Bonchev–Trinajstić information content (AvgIpc) is 3.67. The van der Waals surface area contributed by atoms with Crippen molar-refractivity contribution in [2.45, 2.75) is 36.8 Å². The monoisotopic (exact) mass is 592 g/mol. The highest BCUT2D eigenvalue weighted by Crippen LogP contribution is 2.62. The molecule has 1 saturated carbocycles. The van der Waals surface area contributed by atoms with Crippen LogP contribution in [-0.4, -0.2) is 42.3 Å². The smallest absolute Gasteiger partial charge is 0.250 e. The number of likely N-dealkylation sites (tertiary alicyclic amines) is 1. The van der Waals surface area contributed by atoms with Gasteiger partial charge in [-0.3, -0.25) is 19.3 Å². The Morgan fingerprint density at radius 2 is 1.83 bits per heavy atom. The Morgan fingerprint density at radius 1 is 1.05 bits per heavy atom. The fraction of sp³-hybridized carbons (Fsp3) is 0.323. The molecule has 3 aliphatic heterocycles. The van der Waals surface area contributed by atoms with E-state index in [1.54, 1.807) is 53.4 Å². The number of nitrogens with one attached hydrogen (secondary N) is 2. The topological polar surface area (TPSA) is 81.8 Å². The van der Waals surface area contributed by atoms with Gasteiger partial charge in [0.25, 0.3) is 0 Å². The molecule has 4 aliphatic rings. The fourth-order valence-corrected chi connectivity index (χ4v) is 7.65. The zero-order valence-corrected chi connectivity index (χ0v) is 23.5. The molecular weight excluding hydrogens is 566 g/mol. The summed E-state index contributed by atoms with van der Waals surface area (Å²) in [6.45, 7) is 1.08. The Labute approximate surface area is 246 Å². The van der Waals surface area contributed by atoms with Crippen molar-refractivity contribution in [1.82, 2.24) is 4.90 Å².